The van der Waals surface area contributed by atoms with Gasteiger partial charge in [-0.2, -0.15) is 5.26 Å². The maximum atomic E-state index is 13.5. The van der Waals surface area contributed by atoms with Gasteiger partial charge >= 0.3 is 5.97 Å². The number of carbonyl (C=O) groups excluding carboxylic acids is 2. The summed E-state index contributed by atoms with van der Waals surface area (Å²) < 4.78 is 31.2. The van der Waals surface area contributed by atoms with Crippen molar-refractivity contribution in [3.63, 3.8) is 0 Å². The van der Waals surface area contributed by atoms with Crippen LogP contribution in [0.4, 0.5) is 8.78 Å². The zero-order chi connectivity index (χ0) is 17.7. The van der Waals surface area contributed by atoms with Gasteiger partial charge in [0, 0.05) is 13.1 Å². The van der Waals surface area contributed by atoms with Gasteiger partial charge in [0.25, 0.3) is 5.91 Å². The highest BCUT2D eigenvalue weighted by molar-refractivity contribution is 5.91. The van der Waals surface area contributed by atoms with Crippen LogP contribution in [0.2, 0.25) is 0 Å². The molecule has 1 aromatic carbocycles. The fourth-order valence-electron chi connectivity index (χ4n) is 2.85. The van der Waals surface area contributed by atoms with Gasteiger partial charge in [-0.25, -0.2) is 13.6 Å². The molecule has 0 radical (unpaired) electrons. The highest BCUT2D eigenvalue weighted by atomic mass is 19.1. The zero-order valence-electron chi connectivity index (χ0n) is 13.3. The summed E-state index contributed by atoms with van der Waals surface area (Å²) in [5.74, 6) is -3.45. The summed E-state index contributed by atoms with van der Waals surface area (Å²) in [6, 6.07) is 4.65. The quantitative estimate of drug-likeness (QED) is 0.793. The number of nitrogens with zero attached hydrogens (tertiary/aromatic N) is 2. The molecule has 5 nitrogen and oxygen atoms in total. The smallest absolute Gasteiger partial charge is 0.341 e. The van der Waals surface area contributed by atoms with Crippen molar-refractivity contribution in [1.29, 1.82) is 5.26 Å². The van der Waals surface area contributed by atoms with E-state index in [1.54, 1.807) is 0 Å². The molecule has 0 N–H and O–H groups in total. The standard InChI is InChI=1S/C17H18F2N2O3/c1-21(17(11-20)7-3-2-4-8-17)15(22)10-24-16(23)13-6-5-12(18)9-14(13)19/h5-6,9H,2-4,7-8,10H2,1H3. The summed E-state index contributed by atoms with van der Waals surface area (Å²) >= 11 is 0. The van der Waals surface area contributed by atoms with Crippen LogP contribution >= 0.6 is 0 Å². The number of hydrogen-bond donors (Lipinski definition) is 0. The molecule has 0 atom stereocenters. The number of carbonyl (C=O) groups is 2. The third kappa shape index (κ3) is 3.70. The molecule has 0 unspecified atom stereocenters. The van der Waals surface area contributed by atoms with E-state index in [0.717, 1.165) is 31.4 Å². The molecular weight excluding hydrogens is 318 g/mol. The Hall–Kier alpha value is -2.49. The Morgan fingerprint density at radius 3 is 2.54 bits per heavy atom. The first-order valence-corrected chi connectivity index (χ1v) is 7.70. The molecule has 0 bridgehead atoms. The second kappa shape index (κ2) is 7.39. The van der Waals surface area contributed by atoms with E-state index in [1.807, 2.05) is 0 Å². The second-order valence-electron chi connectivity index (χ2n) is 5.86. The Labute approximate surface area is 138 Å². The average Bonchev–Trinajstić information content (AvgIpc) is 2.59. The van der Waals surface area contributed by atoms with Crippen LogP contribution < -0.4 is 0 Å². The highest BCUT2D eigenvalue weighted by Gasteiger charge is 2.39. The monoisotopic (exact) mass is 336 g/mol. The van der Waals surface area contributed by atoms with Gasteiger partial charge in [-0.3, -0.25) is 4.79 Å². The summed E-state index contributed by atoms with van der Waals surface area (Å²) in [6.07, 6.45) is 3.88. The highest BCUT2D eigenvalue weighted by Crippen LogP contribution is 2.32. The minimum atomic E-state index is -1.05. The number of amides is 1. The molecule has 0 saturated heterocycles. The molecule has 0 aliphatic heterocycles. The van der Waals surface area contributed by atoms with Crippen molar-refractivity contribution in [3.8, 4) is 6.07 Å². The van der Waals surface area contributed by atoms with Crippen LogP contribution in [0.1, 0.15) is 42.5 Å². The normalized spacial score (nSPS) is 16.1. The van der Waals surface area contributed by atoms with E-state index < -0.39 is 41.2 Å². The van der Waals surface area contributed by atoms with Gasteiger partial charge in [-0.05, 0) is 25.0 Å². The lowest BCUT2D eigenvalue weighted by atomic mass is 9.81. The summed E-state index contributed by atoms with van der Waals surface area (Å²) in [4.78, 5) is 25.3. The van der Waals surface area contributed by atoms with E-state index in [2.05, 4.69) is 6.07 Å². The predicted molar refractivity (Wildman–Crippen MR) is 80.8 cm³/mol. The molecule has 2 rings (SSSR count). The lowest BCUT2D eigenvalue weighted by Crippen LogP contribution is -2.51. The number of rotatable bonds is 4. The first kappa shape index (κ1) is 17.9. The third-order valence-electron chi connectivity index (χ3n) is 4.38. The van der Waals surface area contributed by atoms with Crippen molar-refractivity contribution in [3.05, 3.63) is 35.4 Å². The molecule has 24 heavy (non-hydrogen) atoms. The number of likely N-dealkylation sites (N-methyl/N-ethyl adjacent to an activating group) is 1. The Morgan fingerprint density at radius 1 is 1.29 bits per heavy atom. The van der Waals surface area contributed by atoms with E-state index in [4.69, 9.17) is 4.74 Å². The van der Waals surface area contributed by atoms with E-state index in [-0.39, 0.29) is 0 Å². The minimum Gasteiger partial charge on any atom is -0.452 e. The number of halogens is 2. The van der Waals surface area contributed by atoms with Crippen LogP contribution in [0.25, 0.3) is 0 Å². The summed E-state index contributed by atoms with van der Waals surface area (Å²) in [6.45, 7) is -0.602. The van der Waals surface area contributed by atoms with Gasteiger partial charge in [-0.15, -0.1) is 0 Å². The van der Waals surface area contributed by atoms with Crippen molar-refractivity contribution in [2.75, 3.05) is 13.7 Å². The molecular formula is C17H18F2N2O3. The van der Waals surface area contributed by atoms with Crippen LogP contribution in [0, 0.1) is 23.0 Å². The zero-order valence-corrected chi connectivity index (χ0v) is 13.3. The van der Waals surface area contributed by atoms with Crippen LogP contribution in [0.3, 0.4) is 0 Å². The Kier molecular flexibility index (Phi) is 5.50. The van der Waals surface area contributed by atoms with Crippen molar-refractivity contribution in [2.24, 2.45) is 0 Å². The topological polar surface area (TPSA) is 70.4 Å². The van der Waals surface area contributed by atoms with Gasteiger partial charge in [-0.1, -0.05) is 19.3 Å². The van der Waals surface area contributed by atoms with Gasteiger partial charge in [0.15, 0.2) is 6.61 Å². The van der Waals surface area contributed by atoms with Crippen molar-refractivity contribution in [2.45, 2.75) is 37.6 Å². The second-order valence-corrected chi connectivity index (χ2v) is 5.86. The fourth-order valence-corrected chi connectivity index (χ4v) is 2.85. The molecule has 1 amide bonds. The van der Waals surface area contributed by atoms with E-state index in [9.17, 15) is 23.6 Å². The van der Waals surface area contributed by atoms with Crippen LogP contribution in [0.15, 0.2) is 18.2 Å². The maximum Gasteiger partial charge on any atom is 0.341 e. The number of esters is 1. The van der Waals surface area contributed by atoms with E-state index >= 15 is 0 Å². The lowest BCUT2D eigenvalue weighted by Gasteiger charge is -2.38. The van der Waals surface area contributed by atoms with Crippen molar-refractivity contribution < 1.29 is 23.1 Å². The molecule has 7 heteroatoms. The molecule has 1 aromatic rings. The van der Waals surface area contributed by atoms with Crippen LogP contribution in [-0.2, 0) is 9.53 Å². The van der Waals surface area contributed by atoms with Crippen LogP contribution in [0.5, 0.6) is 0 Å². The summed E-state index contributed by atoms with van der Waals surface area (Å²) in [7, 11) is 1.50. The molecule has 0 heterocycles. The van der Waals surface area contributed by atoms with Gasteiger partial charge in [0.05, 0.1) is 11.6 Å². The van der Waals surface area contributed by atoms with Gasteiger partial charge in [0.1, 0.15) is 17.2 Å². The minimum absolute atomic E-state index is 0.445. The van der Waals surface area contributed by atoms with Crippen molar-refractivity contribution >= 4 is 11.9 Å². The Balaban J connectivity index is 1.99. The van der Waals surface area contributed by atoms with Crippen LogP contribution in [-0.4, -0.2) is 36.0 Å². The molecule has 1 fully saturated rings. The van der Waals surface area contributed by atoms with Gasteiger partial charge < -0.3 is 9.64 Å². The molecule has 1 aliphatic carbocycles. The SMILES string of the molecule is CN(C(=O)COC(=O)c1ccc(F)cc1F)C1(C#N)CCCCC1. The maximum absolute atomic E-state index is 13.5. The molecule has 1 saturated carbocycles. The molecule has 0 spiro atoms. The summed E-state index contributed by atoms with van der Waals surface area (Å²) in [5.41, 5.74) is -1.33. The number of benzene rings is 1. The number of ether oxygens (including phenoxy) is 1. The number of hydrogen-bond acceptors (Lipinski definition) is 4. The van der Waals surface area contributed by atoms with Crippen molar-refractivity contribution in [1.82, 2.24) is 4.90 Å². The predicted octanol–water partition coefficient (Wildman–Crippen LogP) is 2.81. The largest absolute Gasteiger partial charge is 0.452 e. The third-order valence-corrected chi connectivity index (χ3v) is 4.38. The fraction of sp³-hybridized carbons (Fsp3) is 0.471. The lowest BCUT2D eigenvalue weighted by molar-refractivity contribution is -0.138. The molecule has 1 aliphatic rings. The Morgan fingerprint density at radius 2 is 1.96 bits per heavy atom. The average molecular weight is 336 g/mol. The first-order chi connectivity index (χ1) is 11.4. The van der Waals surface area contributed by atoms with Gasteiger partial charge in [0.2, 0.25) is 0 Å². The van der Waals surface area contributed by atoms with E-state index in [1.165, 1.54) is 11.9 Å². The first-order valence-electron chi connectivity index (χ1n) is 7.70. The number of nitriles is 1. The summed E-state index contributed by atoms with van der Waals surface area (Å²) in [5, 5.41) is 9.44. The molecule has 128 valence electrons. The molecule has 0 aromatic heterocycles. The van der Waals surface area contributed by atoms with E-state index in [0.29, 0.717) is 18.9 Å². The Bertz CT molecular complexity index is 679.